The van der Waals surface area contributed by atoms with Gasteiger partial charge < -0.3 is 10.2 Å². The topological polar surface area (TPSA) is 81.3 Å². The lowest BCUT2D eigenvalue weighted by Gasteiger charge is -2.04. The van der Waals surface area contributed by atoms with Crippen molar-refractivity contribution < 1.29 is 15.0 Å². The first-order valence-corrected chi connectivity index (χ1v) is 4.04. The summed E-state index contributed by atoms with van der Waals surface area (Å²) < 4.78 is 0. The van der Waals surface area contributed by atoms with Gasteiger partial charge in [0.05, 0.1) is 28.8 Å². The average Bonchev–Trinajstić information content (AvgIpc) is 2.17. The highest BCUT2D eigenvalue weighted by molar-refractivity contribution is 6.34. The molecule has 0 heterocycles. The van der Waals surface area contributed by atoms with Crippen molar-refractivity contribution >= 4 is 17.6 Å². The van der Waals surface area contributed by atoms with Gasteiger partial charge in [-0.1, -0.05) is 11.6 Å². The number of halogens is 1. The SMILES string of the molecule is N#Cc1cc(CO)c(Cl)c(C(=O)O)c1. The second-order valence-corrected chi connectivity index (χ2v) is 2.95. The molecule has 0 bridgehead atoms. The number of hydrogen-bond acceptors (Lipinski definition) is 3. The summed E-state index contributed by atoms with van der Waals surface area (Å²) in [5, 5.41) is 26.1. The van der Waals surface area contributed by atoms with Gasteiger partial charge in [-0.05, 0) is 17.7 Å². The van der Waals surface area contributed by atoms with E-state index in [-0.39, 0.29) is 21.7 Å². The fraction of sp³-hybridized carbons (Fsp3) is 0.111. The van der Waals surface area contributed by atoms with E-state index in [1.807, 2.05) is 0 Å². The molecule has 5 heteroatoms. The van der Waals surface area contributed by atoms with Crippen LogP contribution in [-0.2, 0) is 6.61 Å². The Labute approximate surface area is 85.0 Å². The zero-order valence-corrected chi connectivity index (χ0v) is 7.75. The molecular formula is C9H6ClNO3. The summed E-state index contributed by atoms with van der Waals surface area (Å²) in [6, 6.07) is 4.32. The largest absolute Gasteiger partial charge is 0.478 e. The number of rotatable bonds is 2. The quantitative estimate of drug-likeness (QED) is 0.775. The minimum absolute atomic E-state index is 0.0287. The number of nitriles is 1. The molecule has 0 unspecified atom stereocenters. The van der Waals surface area contributed by atoms with Crippen LogP contribution in [0.1, 0.15) is 21.5 Å². The van der Waals surface area contributed by atoms with Crippen LogP contribution in [-0.4, -0.2) is 16.2 Å². The van der Waals surface area contributed by atoms with Crippen LogP contribution >= 0.6 is 11.6 Å². The van der Waals surface area contributed by atoms with Gasteiger partial charge in [-0.3, -0.25) is 0 Å². The summed E-state index contributed by atoms with van der Waals surface area (Å²) in [6.07, 6.45) is 0. The zero-order valence-electron chi connectivity index (χ0n) is 6.99. The highest BCUT2D eigenvalue weighted by atomic mass is 35.5. The number of aromatic carboxylic acids is 1. The minimum Gasteiger partial charge on any atom is -0.478 e. The third-order valence-electron chi connectivity index (χ3n) is 1.68. The predicted octanol–water partition coefficient (Wildman–Crippen LogP) is 1.40. The normalized spacial score (nSPS) is 9.50. The number of nitrogens with zero attached hydrogens (tertiary/aromatic N) is 1. The van der Waals surface area contributed by atoms with Crippen molar-refractivity contribution in [3.63, 3.8) is 0 Å². The van der Waals surface area contributed by atoms with Gasteiger partial charge in [-0.25, -0.2) is 4.79 Å². The Morgan fingerprint density at radius 1 is 1.57 bits per heavy atom. The van der Waals surface area contributed by atoms with Crippen molar-refractivity contribution in [1.29, 1.82) is 5.26 Å². The zero-order chi connectivity index (χ0) is 10.7. The van der Waals surface area contributed by atoms with Gasteiger partial charge in [-0.15, -0.1) is 0 Å². The van der Waals surface area contributed by atoms with Crippen molar-refractivity contribution in [3.8, 4) is 6.07 Å². The van der Waals surface area contributed by atoms with Gasteiger partial charge in [0.1, 0.15) is 0 Å². The molecule has 0 amide bonds. The lowest BCUT2D eigenvalue weighted by Crippen LogP contribution is -2.01. The number of benzene rings is 1. The minimum atomic E-state index is -1.22. The third kappa shape index (κ3) is 1.84. The Kier molecular flexibility index (Phi) is 3.07. The smallest absolute Gasteiger partial charge is 0.337 e. The highest BCUT2D eigenvalue weighted by Gasteiger charge is 2.13. The van der Waals surface area contributed by atoms with Crippen LogP contribution in [0.25, 0.3) is 0 Å². The molecular weight excluding hydrogens is 206 g/mol. The summed E-state index contributed by atoms with van der Waals surface area (Å²) in [7, 11) is 0. The maximum Gasteiger partial charge on any atom is 0.337 e. The number of aliphatic hydroxyl groups is 1. The van der Waals surface area contributed by atoms with Crippen LogP contribution in [0, 0.1) is 11.3 Å². The highest BCUT2D eigenvalue weighted by Crippen LogP contribution is 2.23. The Hall–Kier alpha value is -1.57. The summed E-state index contributed by atoms with van der Waals surface area (Å²) >= 11 is 5.68. The molecule has 0 aliphatic rings. The molecule has 0 saturated heterocycles. The maximum atomic E-state index is 10.7. The van der Waals surface area contributed by atoms with Crippen LogP contribution < -0.4 is 0 Å². The standard InChI is InChI=1S/C9H6ClNO3/c10-8-6(4-12)1-5(3-11)2-7(8)9(13)14/h1-2,12H,4H2,(H,13,14). The number of carboxylic acid groups (broad SMARTS) is 1. The molecule has 4 nitrogen and oxygen atoms in total. The third-order valence-corrected chi connectivity index (χ3v) is 2.12. The van der Waals surface area contributed by atoms with Gasteiger partial charge in [0, 0.05) is 0 Å². The predicted molar refractivity (Wildman–Crippen MR) is 49.0 cm³/mol. The molecule has 72 valence electrons. The van der Waals surface area contributed by atoms with Gasteiger partial charge in [0.25, 0.3) is 0 Å². The second kappa shape index (κ2) is 4.09. The van der Waals surface area contributed by atoms with Crippen LogP contribution in [0.15, 0.2) is 12.1 Å². The van der Waals surface area contributed by atoms with E-state index in [0.717, 1.165) is 0 Å². The van der Waals surface area contributed by atoms with Crippen molar-refractivity contribution in [2.75, 3.05) is 0 Å². The first-order valence-electron chi connectivity index (χ1n) is 3.66. The number of aliphatic hydroxyl groups excluding tert-OH is 1. The maximum absolute atomic E-state index is 10.7. The molecule has 0 aliphatic carbocycles. The van der Waals surface area contributed by atoms with Gasteiger partial charge >= 0.3 is 5.97 Å². The molecule has 1 aromatic rings. The molecule has 1 aromatic carbocycles. The summed E-state index contributed by atoms with van der Waals surface area (Å²) in [5.41, 5.74) is 0.230. The Bertz CT molecular complexity index is 423. The molecule has 0 saturated carbocycles. The van der Waals surface area contributed by atoms with E-state index in [1.165, 1.54) is 12.1 Å². The first-order chi connectivity index (χ1) is 6.60. The number of hydrogen-bond donors (Lipinski definition) is 2. The molecule has 14 heavy (non-hydrogen) atoms. The fourth-order valence-electron chi connectivity index (χ4n) is 1.02. The molecule has 1 rings (SSSR count). The van der Waals surface area contributed by atoms with Crippen molar-refractivity contribution in [2.24, 2.45) is 0 Å². The monoisotopic (exact) mass is 211 g/mol. The molecule has 2 N–H and O–H groups in total. The molecule has 0 aromatic heterocycles. The Morgan fingerprint density at radius 2 is 2.21 bits per heavy atom. The van der Waals surface area contributed by atoms with E-state index >= 15 is 0 Å². The summed E-state index contributed by atoms with van der Waals surface area (Å²) in [4.78, 5) is 10.7. The molecule has 0 fully saturated rings. The number of carbonyl (C=O) groups is 1. The van der Waals surface area contributed by atoms with E-state index in [4.69, 9.17) is 27.1 Å². The molecule has 0 aliphatic heterocycles. The fourth-order valence-corrected chi connectivity index (χ4v) is 1.27. The van der Waals surface area contributed by atoms with Gasteiger partial charge in [0.2, 0.25) is 0 Å². The van der Waals surface area contributed by atoms with E-state index in [1.54, 1.807) is 6.07 Å². The lowest BCUT2D eigenvalue weighted by molar-refractivity contribution is 0.0697. The summed E-state index contributed by atoms with van der Waals surface area (Å²) in [5.74, 6) is -1.22. The van der Waals surface area contributed by atoms with E-state index in [0.29, 0.717) is 0 Å². The van der Waals surface area contributed by atoms with Gasteiger partial charge in [-0.2, -0.15) is 5.26 Å². The average molecular weight is 212 g/mol. The van der Waals surface area contributed by atoms with Crippen molar-refractivity contribution in [3.05, 3.63) is 33.8 Å². The lowest BCUT2D eigenvalue weighted by atomic mass is 10.1. The Balaban J connectivity index is 3.44. The summed E-state index contributed by atoms with van der Waals surface area (Å²) in [6.45, 7) is -0.394. The number of carboxylic acids is 1. The van der Waals surface area contributed by atoms with Gasteiger partial charge in [0.15, 0.2) is 0 Å². The van der Waals surface area contributed by atoms with Crippen molar-refractivity contribution in [2.45, 2.75) is 6.61 Å². The van der Waals surface area contributed by atoms with Crippen LogP contribution in [0.2, 0.25) is 5.02 Å². The Morgan fingerprint density at radius 3 is 2.64 bits per heavy atom. The first kappa shape index (κ1) is 10.5. The van der Waals surface area contributed by atoms with Crippen molar-refractivity contribution in [1.82, 2.24) is 0 Å². The molecule has 0 spiro atoms. The van der Waals surface area contributed by atoms with E-state index in [9.17, 15) is 4.79 Å². The molecule has 0 atom stereocenters. The van der Waals surface area contributed by atoms with Crippen LogP contribution in [0.5, 0.6) is 0 Å². The van der Waals surface area contributed by atoms with Crippen LogP contribution in [0.4, 0.5) is 0 Å². The second-order valence-electron chi connectivity index (χ2n) is 2.57. The van der Waals surface area contributed by atoms with E-state index in [2.05, 4.69) is 0 Å². The van der Waals surface area contributed by atoms with E-state index < -0.39 is 12.6 Å². The van der Waals surface area contributed by atoms with Crippen LogP contribution in [0.3, 0.4) is 0 Å². The molecule has 0 radical (unpaired) electrons.